The molecule has 0 unspecified atom stereocenters. The maximum atomic E-state index is 12.7. The Kier molecular flexibility index (Phi) is 4.20. The third-order valence-electron chi connectivity index (χ3n) is 5.05. The Hall–Kier alpha value is -3.35. The molecule has 0 atom stereocenters. The SMILES string of the molecule is O=C(NCCc1ccco1)c1nc(N2CCCC2)c2oc3ccccc3c2n1. The summed E-state index contributed by atoms with van der Waals surface area (Å²) in [6.45, 7) is 2.27. The average Bonchev–Trinajstić information content (AvgIpc) is 3.47. The lowest BCUT2D eigenvalue weighted by atomic mass is 10.2. The van der Waals surface area contributed by atoms with Crippen LogP contribution in [0.1, 0.15) is 29.2 Å². The molecule has 28 heavy (non-hydrogen) atoms. The molecule has 1 aliphatic rings. The third kappa shape index (κ3) is 2.98. The Labute approximate surface area is 161 Å². The van der Waals surface area contributed by atoms with E-state index >= 15 is 0 Å². The van der Waals surface area contributed by atoms with E-state index in [0.29, 0.717) is 29.9 Å². The lowest BCUT2D eigenvalue weighted by Crippen LogP contribution is -2.28. The van der Waals surface area contributed by atoms with Gasteiger partial charge in [-0.15, -0.1) is 0 Å². The van der Waals surface area contributed by atoms with Crippen LogP contribution in [0.25, 0.3) is 22.1 Å². The van der Waals surface area contributed by atoms with Gasteiger partial charge in [0.25, 0.3) is 5.91 Å². The van der Waals surface area contributed by atoms with Crippen molar-refractivity contribution in [3.63, 3.8) is 0 Å². The van der Waals surface area contributed by atoms with E-state index in [-0.39, 0.29) is 11.7 Å². The van der Waals surface area contributed by atoms with Gasteiger partial charge >= 0.3 is 0 Å². The summed E-state index contributed by atoms with van der Waals surface area (Å²) in [4.78, 5) is 24.0. The predicted molar refractivity (Wildman–Crippen MR) is 106 cm³/mol. The second-order valence-electron chi connectivity index (χ2n) is 6.93. The van der Waals surface area contributed by atoms with Gasteiger partial charge in [0.05, 0.1) is 6.26 Å². The van der Waals surface area contributed by atoms with Crippen LogP contribution in [-0.2, 0) is 6.42 Å². The zero-order valence-corrected chi connectivity index (χ0v) is 15.4. The number of benzene rings is 1. The molecular formula is C21H20N4O3. The number of amides is 1. The van der Waals surface area contributed by atoms with Gasteiger partial charge in [-0.1, -0.05) is 12.1 Å². The van der Waals surface area contributed by atoms with Gasteiger partial charge in [-0.2, -0.15) is 0 Å². The Morgan fingerprint density at radius 3 is 2.79 bits per heavy atom. The molecule has 7 nitrogen and oxygen atoms in total. The summed E-state index contributed by atoms with van der Waals surface area (Å²) in [7, 11) is 0. The van der Waals surface area contributed by atoms with Crippen LogP contribution in [0.2, 0.25) is 0 Å². The van der Waals surface area contributed by atoms with Crippen molar-refractivity contribution in [3.8, 4) is 0 Å². The number of anilines is 1. The molecule has 7 heteroatoms. The van der Waals surface area contributed by atoms with Gasteiger partial charge in [0, 0.05) is 31.4 Å². The number of furan rings is 2. The molecule has 1 N–H and O–H groups in total. The molecule has 3 aromatic heterocycles. The third-order valence-corrected chi connectivity index (χ3v) is 5.05. The molecule has 1 amide bonds. The Bertz CT molecular complexity index is 1130. The van der Waals surface area contributed by atoms with Crippen LogP contribution in [0.4, 0.5) is 5.82 Å². The van der Waals surface area contributed by atoms with E-state index in [1.807, 2.05) is 36.4 Å². The zero-order valence-electron chi connectivity index (χ0n) is 15.4. The van der Waals surface area contributed by atoms with E-state index in [9.17, 15) is 4.79 Å². The molecule has 0 spiro atoms. The molecular weight excluding hydrogens is 356 g/mol. The van der Waals surface area contributed by atoms with Gasteiger partial charge in [-0.25, -0.2) is 9.97 Å². The van der Waals surface area contributed by atoms with Crippen molar-refractivity contribution in [3.05, 3.63) is 54.2 Å². The highest BCUT2D eigenvalue weighted by Crippen LogP contribution is 2.34. The number of para-hydroxylation sites is 1. The fourth-order valence-electron chi connectivity index (χ4n) is 3.65. The lowest BCUT2D eigenvalue weighted by molar-refractivity contribution is 0.0944. The second-order valence-corrected chi connectivity index (χ2v) is 6.93. The minimum atomic E-state index is -0.292. The number of hydrogen-bond acceptors (Lipinski definition) is 6. The first-order valence-electron chi connectivity index (χ1n) is 9.54. The van der Waals surface area contributed by atoms with Crippen molar-refractivity contribution < 1.29 is 13.6 Å². The lowest BCUT2D eigenvalue weighted by Gasteiger charge is -2.16. The van der Waals surface area contributed by atoms with Crippen molar-refractivity contribution in [2.75, 3.05) is 24.5 Å². The maximum Gasteiger partial charge on any atom is 0.289 e. The van der Waals surface area contributed by atoms with Crippen LogP contribution in [0.3, 0.4) is 0 Å². The van der Waals surface area contributed by atoms with Crippen LogP contribution in [0, 0.1) is 0 Å². The monoisotopic (exact) mass is 376 g/mol. The van der Waals surface area contributed by atoms with E-state index in [4.69, 9.17) is 8.83 Å². The molecule has 4 heterocycles. The molecule has 1 aromatic carbocycles. The minimum absolute atomic E-state index is 0.167. The van der Waals surface area contributed by atoms with Crippen molar-refractivity contribution in [2.24, 2.45) is 0 Å². The summed E-state index contributed by atoms with van der Waals surface area (Å²) in [6.07, 6.45) is 4.46. The van der Waals surface area contributed by atoms with Crippen LogP contribution in [0.15, 0.2) is 51.5 Å². The number of nitrogens with one attached hydrogen (secondary N) is 1. The van der Waals surface area contributed by atoms with Crippen molar-refractivity contribution in [1.82, 2.24) is 15.3 Å². The molecule has 142 valence electrons. The molecule has 1 aliphatic heterocycles. The fraction of sp³-hybridized carbons (Fsp3) is 0.286. The van der Waals surface area contributed by atoms with Crippen molar-refractivity contribution in [1.29, 1.82) is 0 Å². The van der Waals surface area contributed by atoms with E-state index in [0.717, 1.165) is 42.7 Å². The Morgan fingerprint density at radius 2 is 1.96 bits per heavy atom. The van der Waals surface area contributed by atoms with Crippen LogP contribution >= 0.6 is 0 Å². The van der Waals surface area contributed by atoms with Crippen LogP contribution < -0.4 is 10.2 Å². The van der Waals surface area contributed by atoms with Crippen molar-refractivity contribution >= 4 is 33.8 Å². The number of aromatic nitrogens is 2. The summed E-state index contributed by atoms with van der Waals surface area (Å²) in [5.74, 6) is 1.41. The van der Waals surface area contributed by atoms with Crippen LogP contribution in [0.5, 0.6) is 0 Å². The number of nitrogens with zero attached hydrogens (tertiary/aromatic N) is 3. The zero-order chi connectivity index (χ0) is 18.9. The largest absolute Gasteiger partial charge is 0.469 e. The quantitative estimate of drug-likeness (QED) is 0.573. The number of carbonyl (C=O) groups excluding carboxylic acids is 1. The fourth-order valence-corrected chi connectivity index (χ4v) is 3.65. The molecule has 0 radical (unpaired) electrons. The predicted octanol–water partition coefficient (Wildman–Crippen LogP) is 3.54. The highest BCUT2D eigenvalue weighted by molar-refractivity contribution is 6.07. The first-order valence-corrected chi connectivity index (χ1v) is 9.54. The first-order chi connectivity index (χ1) is 13.8. The summed E-state index contributed by atoms with van der Waals surface area (Å²) in [5, 5.41) is 3.78. The summed E-state index contributed by atoms with van der Waals surface area (Å²) in [6, 6.07) is 11.5. The Balaban J connectivity index is 1.50. The van der Waals surface area contributed by atoms with Gasteiger partial charge in [0.1, 0.15) is 16.9 Å². The van der Waals surface area contributed by atoms with Gasteiger partial charge < -0.3 is 19.1 Å². The smallest absolute Gasteiger partial charge is 0.289 e. The molecule has 0 aliphatic carbocycles. The maximum absolute atomic E-state index is 12.7. The summed E-state index contributed by atoms with van der Waals surface area (Å²) >= 11 is 0. The molecule has 4 aromatic rings. The minimum Gasteiger partial charge on any atom is -0.469 e. The number of hydrogen-bond donors (Lipinski definition) is 1. The Morgan fingerprint density at radius 1 is 1.11 bits per heavy atom. The number of carbonyl (C=O) groups is 1. The average molecular weight is 376 g/mol. The normalized spacial score (nSPS) is 14.2. The van der Waals surface area contributed by atoms with Gasteiger partial charge in [-0.05, 0) is 37.1 Å². The van der Waals surface area contributed by atoms with Gasteiger partial charge in [0.15, 0.2) is 11.4 Å². The standard InChI is InChI=1S/C21H20N4O3/c26-21(22-10-9-14-6-5-13-27-14)19-23-17-15-7-1-2-8-16(15)28-18(17)20(24-19)25-11-3-4-12-25/h1-2,5-8,13H,3-4,9-12H2,(H,22,26). The van der Waals surface area contributed by atoms with Crippen molar-refractivity contribution in [2.45, 2.75) is 19.3 Å². The molecule has 0 bridgehead atoms. The summed E-state index contributed by atoms with van der Waals surface area (Å²) < 4.78 is 11.4. The topological polar surface area (TPSA) is 84.4 Å². The van der Waals surface area contributed by atoms with E-state index in [1.54, 1.807) is 6.26 Å². The number of rotatable bonds is 5. The van der Waals surface area contributed by atoms with Gasteiger partial charge in [0.2, 0.25) is 5.82 Å². The van der Waals surface area contributed by atoms with Crippen LogP contribution in [-0.4, -0.2) is 35.5 Å². The molecule has 1 fully saturated rings. The van der Waals surface area contributed by atoms with E-state index in [2.05, 4.69) is 20.2 Å². The van der Waals surface area contributed by atoms with E-state index in [1.165, 1.54) is 0 Å². The molecule has 5 rings (SSSR count). The first kappa shape index (κ1) is 16.8. The molecule has 0 saturated carbocycles. The highest BCUT2D eigenvalue weighted by Gasteiger charge is 2.24. The van der Waals surface area contributed by atoms with Gasteiger partial charge in [-0.3, -0.25) is 4.79 Å². The van der Waals surface area contributed by atoms with E-state index < -0.39 is 0 Å². The molecule has 1 saturated heterocycles. The highest BCUT2D eigenvalue weighted by atomic mass is 16.3. The second kappa shape index (κ2) is 6.99. The summed E-state index contributed by atoms with van der Waals surface area (Å²) in [5.41, 5.74) is 2.08. The number of fused-ring (bicyclic) bond motifs is 3.